The highest BCUT2D eigenvalue weighted by molar-refractivity contribution is 5.88. The van der Waals surface area contributed by atoms with Crippen molar-refractivity contribution in [2.24, 2.45) is 7.05 Å². The van der Waals surface area contributed by atoms with Gasteiger partial charge in [-0.15, -0.1) is 0 Å². The average molecular weight is 390 g/mol. The number of aromatic amines is 1. The zero-order valence-corrected chi connectivity index (χ0v) is 16.2. The summed E-state index contributed by atoms with van der Waals surface area (Å²) < 4.78 is 6.82. The van der Waals surface area contributed by atoms with E-state index in [0.29, 0.717) is 18.1 Å². The maximum absolute atomic E-state index is 12.6. The van der Waals surface area contributed by atoms with Crippen LogP contribution in [0, 0.1) is 0 Å². The summed E-state index contributed by atoms with van der Waals surface area (Å²) in [6.07, 6.45) is 2.20. The van der Waals surface area contributed by atoms with Crippen LogP contribution in [0.4, 0.5) is 10.6 Å². The number of nitrogens with zero attached hydrogens (tertiary/aromatic N) is 3. The summed E-state index contributed by atoms with van der Waals surface area (Å²) in [5, 5.41) is 9.90. The summed E-state index contributed by atoms with van der Waals surface area (Å²) in [7, 11) is 3.40. The highest BCUT2D eigenvalue weighted by Crippen LogP contribution is 2.21. The second-order valence-electron chi connectivity index (χ2n) is 6.68. The van der Waals surface area contributed by atoms with Crippen molar-refractivity contribution < 1.29 is 9.53 Å². The number of para-hydroxylation sites is 2. The number of hydrogen-bond acceptors (Lipinski definition) is 4. The Labute approximate surface area is 167 Å². The molecule has 2 heterocycles. The van der Waals surface area contributed by atoms with E-state index in [4.69, 9.17) is 4.74 Å². The molecule has 2 amide bonds. The molecule has 4 aromatic rings. The molecule has 0 aliphatic carbocycles. The molecule has 0 fully saturated rings. The van der Waals surface area contributed by atoms with Gasteiger partial charge in [0.1, 0.15) is 17.4 Å². The normalized spacial score (nSPS) is 11.9. The molecular formula is C21H22N6O2. The lowest BCUT2D eigenvalue weighted by atomic mass is 10.1. The molecule has 0 aliphatic heterocycles. The highest BCUT2D eigenvalue weighted by Gasteiger charge is 2.20. The number of methoxy groups -OCH3 is 1. The molecule has 29 heavy (non-hydrogen) atoms. The standard InChI is InChI=1S/C21H22N6O2/c1-27-19(11-12-22-27)26-21(28)25-18(13-14-7-9-15(29-2)10-8-14)20-23-16-5-3-4-6-17(16)24-20/h3-12,18H,13H2,1-2H3,(H,23,24)(H2,25,26,28). The average Bonchev–Trinajstić information content (AvgIpc) is 3.34. The molecule has 8 nitrogen and oxygen atoms in total. The number of carbonyl (C=O) groups excluding carboxylic acids is 1. The number of nitrogens with one attached hydrogen (secondary N) is 3. The van der Waals surface area contributed by atoms with Gasteiger partial charge in [0, 0.05) is 13.1 Å². The number of fused-ring (bicyclic) bond motifs is 1. The Morgan fingerprint density at radius 1 is 1.17 bits per heavy atom. The number of imidazole rings is 1. The predicted molar refractivity (Wildman–Crippen MR) is 111 cm³/mol. The smallest absolute Gasteiger partial charge is 0.320 e. The van der Waals surface area contributed by atoms with Crippen LogP contribution in [0.25, 0.3) is 11.0 Å². The Bertz CT molecular complexity index is 1080. The Hall–Kier alpha value is -3.81. The van der Waals surface area contributed by atoms with Crippen molar-refractivity contribution in [3.05, 3.63) is 72.2 Å². The van der Waals surface area contributed by atoms with Crippen LogP contribution < -0.4 is 15.4 Å². The molecule has 2 aromatic carbocycles. The fourth-order valence-electron chi connectivity index (χ4n) is 3.16. The van der Waals surface area contributed by atoms with E-state index in [1.807, 2.05) is 48.5 Å². The molecule has 1 atom stereocenters. The van der Waals surface area contributed by atoms with Crippen LogP contribution in [0.15, 0.2) is 60.8 Å². The Balaban J connectivity index is 1.58. The first-order valence-corrected chi connectivity index (χ1v) is 9.25. The summed E-state index contributed by atoms with van der Waals surface area (Å²) in [6, 6.07) is 16.6. The second-order valence-corrected chi connectivity index (χ2v) is 6.68. The van der Waals surface area contributed by atoms with E-state index in [-0.39, 0.29) is 12.1 Å². The van der Waals surface area contributed by atoms with E-state index in [1.54, 1.807) is 31.1 Å². The lowest BCUT2D eigenvalue weighted by molar-refractivity contribution is 0.248. The largest absolute Gasteiger partial charge is 0.497 e. The van der Waals surface area contributed by atoms with Crippen LogP contribution in [0.3, 0.4) is 0 Å². The van der Waals surface area contributed by atoms with Gasteiger partial charge in [-0.25, -0.2) is 9.78 Å². The molecule has 0 saturated carbocycles. The van der Waals surface area contributed by atoms with E-state index >= 15 is 0 Å². The summed E-state index contributed by atoms with van der Waals surface area (Å²) in [4.78, 5) is 20.6. The fraction of sp³-hybridized carbons (Fsp3) is 0.190. The summed E-state index contributed by atoms with van der Waals surface area (Å²) in [5.74, 6) is 2.09. The molecule has 8 heteroatoms. The molecule has 148 valence electrons. The van der Waals surface area contributed by atoms with Gasteiger partial charge in [0.15, 0.2) is 0 Å². The molecule has 4 rings (SSSR count). The number of urea groups is 1. The molecule has 0 spiro atoms. The first-order valence-electron chi connectivity index (χ1n) is 9.25. The summed E-state index contributed by atoms with van der Waals surface area (Å²) in [5.41, 5.74) is 2.84. The van der Waals surface area contributed by atoms with Gasteiger partial charge in [-0.1, -0.05) is 24.3 Å². The minimum atomic E-state index is -0.343. The van der Waals surface area contributed by atoms with Crippen LogP contribution in [0.1, 0.15) is 17.4 Å². The minimum Gasteiger partial charge on any atom is -0.497 e. The molecule has 0 bridgehead atoms. The third kappa shape index (κ3) is 4.21. The highest BCUT2D eigenvalue weighted by atomic mass is 16.5. The van der Waals surface area contributed by atoms with Gasteiger partial charge in [0.2, 0.25) is 0 Å². The number of aromatic nitrogens is 4. The van der Waals surface area contributed by atoms with Gasteiger partial charge in [-0.3, -0.25) is 10.00 Å². The number of amides is 2. The van der Waals surface area contributed by atoms with Crippen molar-refractivity contribution in [3.8, 4) is 5.75 Å². The third-order valence-electron chi connectivity index (χ3n) is 4.70. The van der Waals surface area contributed by atoms with Gasteiger partial charge in [-0.05, 0) is 36.2 Å². The Morgan fingerprint density at radius 2 is 1.97 bits per heavy atom. The van der Waals surface area contributed by atoms with Crippen LogP contribution in [-0.2, 0) is 13.5 Å². The molecule has 0 aliphatic rings. The topological polar surface area (TPSA) is 96.9 Å². The van der Waals surface area contributed by atoms with E-state index in [9.17, 15) is 4.79 Å². The maximum atomic E-state index is 12.6. The zero-order valence-electron chi connectivity index (χ0n) is 16.2. The van der Waals surface area contributed by atoms with Gasteiger partial charge < -0.3 is 15.0 Å². The van der Waals surface area contributed by atoms with E-state index < -0.39 is 0 Å². The SMILES string of the molecule is COc1ccc(CC(NC(=O)Nc2ccnn2C)c2nc3ccccc3[nH]2)cc1. The minimum absolute atomic E-state index is 0.326. The predicted octanol–water partition coefficient (Wildman–Crippen LogP) is 3.41. The quantitative estimate of drug-likeness (QED) is 0.470. The molecule has 2 aromatic heterocycles. The first-order chi connectivity index (χ1) is 14.1. The monoisotopic (exact) mass is 390 g/mol. The maximum Gasteiger partial charge on any atom is 0.320 e. The Morgan fingerprint density at radius 3 is 2.66 bits per heavy atom. The van der Waals surface area contributed by atoms with Gasteiger partial charge in [-0.2, -0.15) is 5.10 Å². The summed E-state index contributed by atoms with van der Waals surface area (Å²) in [6.45, 7) is 0. The van der Waals surface area contributed by atoms with Crippen LogP contribution in [0.5, 0.6) is 5.75 Å². The lowest BCUT2D eigenvalue weighted by Crippen LogP contribution is -2.34. The first kappa shape index (κ1) is 18.5. The zero-order chi connectivity index (χ0) is 20.2. The lowest BCUT2D eigenvalue weighted by Gasteiger charge is -2.17. The summed E-state index contributed by atoms with van der Waals surface area (Å²) >= 11 is 0. The van der Waals surface area contributed by atoms with Crippen LogP contribution in [-0.4, -0.2) is 32.9 Å². The van der Waals surface area contributed by atoms with Crippen LogP contribution in [0.2, 0.25) is 0 Å². The van der Waals surface area contributed by atoms with Crippen molar-refractivity contribution >= 4 is 22.9 Å². The molecule has 1 unspecified atom stereocenters. The van der Waals surface area contributed by atoms with Crippen molar-refractivity contribution in [2.75, 3.05) is 12.4 Å². The second kappa shape index (κ2) is 8.05. The number of benzene rings is 2. The number of H-pyrrole nitrogens is 1. The van der Waals surface area contributed by atoms with E-state index in [1.165, 1.54) is 0 Å². The third-order valence-corrected chi connectivity index (χ3v) is 4.70. The van der Waals surface area contributed by atoms with Gasteiger partial charge in [0.05, 0.1) is 30.4 Å². The molecule has 0 radical (unpaired) electrons. The number of anilines is 1. The molecule has 3 N–H and O–H groups in total. The van der Waals surface area contributed by atoms with E-state index in [0.717, 1.165) is 22.3 Å². The molecule has 0 saturated heterocycles. The number of aryl methyl sites for hydroxylation is 1. The number of rotatable bonds is 6. The van der Waals surface area contributed by atoms with Gasteiger partial charge in [0.25, 0.3) is 0 Å². The van der Waals surface area contributed by atoms with Crippen molar-refractivity contribution in [3.63, 3.8) is 0 Å². The number of ether oxygens (including phenoxy) is 1. The van der Waals surface area contributed by atoms with Gasteiger partial charge >= 0.3 is 6.03 Å². The van der Waals surface area contributed by atoms with Crippen molar-refractivity contribution in [2.45, 2.75) is 12.5 Å². The van der Waals surface area contributed by atoms with Crippen molar-refractivity contribution in [1.29, 1.82) is 0 Å². The Kier molecular flexibility index (Phi) is 5.15. The van der Waals surface area contributed by atoms with Crippen molar-refractivity contribution in [1.82, 2.24) is 25.1 Å². The fourth-order valence-corrected chi connectivity index (χ4v) is 3.16. The van der Waals surface area contributed by atoms with Crippen LogP contribution >= 0.6 is 0 Å². The van der Waals surface area contributed by atoms with E-state index in [2.05, 4.69) is 25.7 Å². The molecular weight excluding hydrogens is 368 g/mol. The number of hydrogen-bond donors (Lipinski definition) is 3. The number of carbonyl (C=O) groups is 1.